The van der Waals surface area contributed by atoms with Gasteiger partial charge in [0.05, 0.1) is 5.41 Å². The number of carboxylic acid groups (broad SMARTS) is 1. The largest absolute Gasteiger partial charge is 0.481 e. The summed E-state index contributed by atoms with van der Waals surface area (Å²) < 4.78 is 5.85. The fourth-order valence-corrected chi connectivity index (χ4v) is 2.97. The Morgan fingerprint density at radius 3 is 2.78 bits per heavy atom. The van der Waals surface area contributed by atoms with Gasteiger partial charge in [-0.3, -0.25) is 9.59 Å². The number of carbonyl (C=O) groups excluding carboxylic acids is 1. The zero-order valence-corrected chi connectivity index (χ0v) is 14.0. The molecule has 1 heterocycles. The van der Waals surface area contributed by atoms with E-state index in [0.717, 1.165) is 5.56 Å². The maximum absolute atomic E-state index is 12.7. The molecule has 1 N–H and O–H groups in total. The van der Waals surface area contributed by atoms with E-state index >= 15 is 0 Å². The van der Waals surface area contributed by atoms with E-state index in [1.54, 1.807) is 11.8 Å². The lowest BCUT2D eigenvalue weighted by molar-refractivity contribution is -0.155. The van der Waals surface area contributed by atoms with Gasteiger partial charge in [0.1, 0.15) is 5.75 Å². The van der Waals surface area contributed by atoms with Gasteiger partial charge in [0.2, 0.25) is 0 Å². The van der Waals surface area contributed by atoms with E-state index in [1.165, 1.54) is 0 Å². The van der Waals surface area contributed by atoms with Crippen molar-refractivity contribution in [2.24, 2.45) is 5.41 Å². The highest BCUT2D eigenvalue weighted by molar-refractivity contribution is 5.83. The quantitative estimate of drug-likeness (QED) is 0.906. The summed E-state index contributed by atoms with van der Waals surface area (Å²) in [6, 6.07) is 7.59. The SMILES string of the molecule is CCC(Oc1cccc(C)c1)C(=O)N1CCCC(C)(C(=O)O)C1. The van der Waals surface area contributed by atoms with Crippen molar-refractivity contribution < 1.29 is 19.4 Å². The Balaban J connectivity index is 2.08. The van der Waals surface area contributed by atoms with Crippen LogP contribution in [0.2, 0.25) is 0 Å². The summed E-state index contributed by atoms with van der Waals surface area (Å²) in [5.41, 5.74) is 0.205. The van der Waals surface area contributed by atoms with Gasteiger partial charge in [-0.25, -0.2) is 0 Å². The number of aryl methyl sites for hydroxylation is 1. The molecule has 23 heavy (non-hydrogen) atoms. The van der Waals surface area contributed by atoms with Crippen LogP contribution in [0.25, 0.3) is 0 Å². The molecular weight excluding hydrogens is 294 g/mol. The predicted octanol–water partition coefficient (Wildman–Crippen LogP) is 2.87. The number of amides is 1. The lowest BCUT2D eigenvalue weighted by Gasteiger charge is -2.38. The lowest BCUT2D eigenvalue weighted by atomic mass is 9.82. The number of piperidine rings is 1. The number of carbonyl (C=O) groups is 2. The summed E-state index contributed by atoms with van der Waals surface area (Å²) >= 11 is 0. The van der Waals surface area contributed by atoms with Crippen molar-refractivity contribution in [1.82, 2.24) is 4.90 Å². The predicted molar refractivity (Wildman–Crippen MR) is 87.4 cm³/mol. The van der Waals surface area contributed by atoms with Gasteiger partial charge in [0, 0.05) is 13.1 Å². The first-order valence-electron chi connectivity index (χ1n) is 8.11. The molecule has 0 aliphatic carbocycles. The van der Waals surface area contributed by atoms with Crippen molar-refractivity contribution in [3.05, 3.63) is 29.8 Å². The van der Waals surface area contributed by atoms with Crippen LogP contribution in [0, 0.1) is 12.3 Å². The van der Waals surface area contributed by atoms with Gasteiger partial charge in [-0.2, -0.15) is 0 Å². The van der Waals surface area contributed by atoms with Crippen molar-refractivity contribution in [1.29, 1.82) is 0 Å². The Labute approximate surface area is 137 Å². The maximum Gasteiger partial charge on any atom is 0.311 e. The second kappa shape index (κ2) is 7.02. The molecule has 1 amide bonds. The summed E-state index contributed by atoms with van der Waals surface area (Å²) in [4.78, 5) is 25.8. The highest BCUT2D eigenvalue weighted by atomic mass is 16.5. The molecule has 1 aromatic carbocycles. The number of hydrogen-bond donors (Lipinski definition) is 1. The fourth-order valence-electron chi connectivity index (χ4n) is 2.97. The summed E-state index contributed by atoms with van der Waals surface area (Å²) in [6.45, 7) is 6.42. The van der Waals surface area contributed by atoms with E-state index in [4.69, 9.17) is 4.74 Å². The first-order chi connectivity index (χ1) is 10.9. The molecule has 126 valence electrons. The molecule has 2 atom stereocenters. The average molecular weight is 319 g/mol. The average Bonchev–Trinajstić information content (AvgIpc) is 2.52. The third kappa shape index (κ3) is 4.03. The van der Waals surface area contributed by atoms with Crippen molar-refractivity contribution in [2.75, 3.05) is 13.1 Å². The van der Waals surface area contributed by atoms with Gasteiger partial charge in [-0.05, 0) is 50.8 Å². The smallest absolute Gasteiger partial charge is 0.311 e. The van der Waals surface area contributed by atoms with E-state index in [1.807, 2.05) is 38.1 Å². The number of nitrogens with zero attached hydrogens (tertiary/aromatic N) is 1. The van der Waals surface area contributed by atoms with Crippen molar-refractivity contribution in [3.63, 3.8) is 0 Å². The van der Waals surface area contributed by atoms with Crippen LogP contribution in [-0.2, 0) is 9.59 Å². The minimum Gasteiger partial charge on any atom is -0.481 e. The second-order valence-corrected chi connectivity index (χ2v) is 6.56. The molecule has 1 aliphatic rings. The van der Waals surface area contributed by atoms with Crippen LogP contribution in [0.1, 0.15) is 38.7 Å². The molecule has 2 unspecified atom stereocenters. The van der Waals surface area contributed by atoms with Gasteiger partial charge in [-0.15, -0.1) is 0 Å². The zero-order valence-electron chi connectivity index (χ0n) is 14.0. The standard InChI is InChI=1S/C18H25NO4/c1-4-15(23-14-8-5-7-13(2)11-14)16(20)19-10-6-9-18(3,12-19)17(21)22/h5,7-8,11,15H,4,6,9-10,12H2,1-3H3,(H,21,22). The highest BCUT2D eigenvalue weighted by Gasteiger charge is 2.40. The summed E-state index contributed by atoms with van der Waals surface area (Å²) in [5, 5.41) is 9.39. The summed E-state index contributed by atoms with van der Waals surface area (Å²) in [6.07, 6.45) is 1.28. The highest BCUT2D eigenvalue weighted by Crippen LogP contribution is 2.30. The third-order valence-electron chi connectivity index (χ3n) is 4.44. The van der Waals surface area contributed by atoms with Crippen LogP contribution in [0.15, 0.2) is 24.3 Å². The second-order valence-electron chi connectivity index (χ2n) is 6.56. The molecular formula is C18H25NO4. The Morgan fingerprint density at radius 1 is 1.43 bits per heavy atom. The normalized spacial score (nSPS) is 22.5. The third-order valence-corrected chi connectivity index (χ3v) is 4.44. The number of likely N-dealkylation sites (tertiary alicyclic amines) is 1. The molecule has 1 aromatic rings. The molecule has 0 saturated carbocycles. The number of benzene rings is 1. The van der Waals surface area contributed by atoms with Gasteiger partial charge in [0.15, 0.2) is 6.10 Å². The maximum atomic E-state index is 12.7. The van der Waals surface area contributed by atoms with E-state index in [-0.39, 0.29) is 12.5 Å². The van der Waals surface area contributed by atoms with Crippen LogP contribution in [0.5, 0.6) is 5.75 Å². The minimum atomic E-state index is -0.866. The zero-order chi connectivity index (χ0) is 17.0. The Kier molecular flexibility index (Phi) is 5.29. The molecule has 5 nitrogen and oxygen atoms in total. The van der Waals surface area contributed by atoms with E-state index < -0.39 is 17.5 Å². The molecule has 2 rings (SSSR count). The van der Waals surface area contributed by atoms with Crippen molar-refractivity contribution >= 4 is 11.9 Å². The molecule has 0 bridgehead atoms. The number of carboxylic acids is 1. The summed E-state index contributed by atoms with van der Waals surface area (Å²) in [7, 11) is 0. The van der Waals surface area contributed by atoms with Crippen molar-refractivity contribution in [2.45, 2.75) is 46.1 Å². The van der Waals surface area contributed by atoms with Gasteiger partial charge < -0.3 is 14.7 Å². The number of ether oxygens (including phenoxy) is 1. The molecule has 1 fully saturated rings. The number of rotatable bonds is 5. The van der Waals surface area contributed by atoms with E-state index in [0.29, 0.717) is 31.6 Å². The van der Waals surface area contributed by atoms with Crippen LogP contribution in [0.3, 0.4) is 0 Å². The van der Waals surface area contributed by atoms with Gasteiger partial charge in [-0.1, -0.05) is 19.1 Å². The Morgan fingerprint density at radius 2 is 2.17 bits per heavy atom. The fraction of sp³-hybridized carbons (Fsp3) is 0.556. The van der Waals surface area contributed by atoms with Crippen LogP contribution < -0.4 is 4.74 Å². The number of hydrogen-bond acceptors (Lipinski definition) is 3. The van der Waals surface area contributed by atoms with Crippen molar-refractivity contribution in [3.8, 4) is 5.75 Å². The molecule has 5 heteroatoms. The van der Waals surface area contributed by atoms with Gasteiger partial charge in [0.25, 0.3) is 5.91 Å². The van der Waals surface area contributed by atoms with E-state index in [9.17, 15) is 14.7 Å². The molecule has 0 radical (unpaired) electrons. The molecule has 0 aromatic heterocycles. The topological polar surface area (TPSA) is 66.8 Å². The van der Waals surface area contributed by atoms with E-state index in [2.05, 4.69) is 0 Å². The minimum absolute atomic E-state index is 0.124. The lowest BCUT2D eigenvalue weighted by Crippen LogP contribution is -2.52. The monoisotopic (exact) mass is 319 g/mol. The Hall–Kier alpha value is -2.04. The van der Waals surface area contributed by atoms with Gasteiger partial charge >= 0.3 is 5.97 Å². The van der Waals surface area contributed by atoms with Crippen LogP contribution in [-0.4, -0.2) is 41.1 Å². The first-order valence-corrected chi connectivity index (χ1v) is 8.11. The Bertz CT molecular complexity index is 586. The molecule has 1 saturated heterocycles. The summed E-state index contributed by atoms with van der Waals surface area (Å²) in [5.74, 6) is -0.299. The number of aliphatic carboxylic acids is 1. The molecule has 0 spiro atoms. The van der Waals surface area contributed by atoms with Crippen LogP contribution in [0.4, 0.5) is 0 Å². The first kappa shape index (κ1) is 17.3. The van der Waals surface area contributed by atoms with Crippen LogP contribution >= 0.6 is 0 Å². The molecule has 1 aliphatic heterocycles.